The van der Waals surface area contributed by atoms with Crippen molar-refractivity contribution in [3.05, 3.63) is 53.5 Å². The maximum absolute atomic E-state index is 13.2. The number of halogens is 2. The van der Waals surface area contributed by atoms with Gasteiger partial charge in [-0.1, -0.05) is 6.07 Å². The number of nitriles is 1. The lowest BCUT2D eigenvalue weighted by molar-refractivity contribution is 0.504. The highest BCUT2D eigenvalue weighted by Gasteiger charge is 2.08. The summed E-state index contributed by atoms with van der Waals surface area (Å²) in [6, 6.07) is 8.50. The summed E-state index contributed by atoms with van der Waals surface area (Å²) in [4.78, 5) is 0. The Hall–Kier alpha value is -2.35. The van der Waals surface area contributed by atoms with Crippen LogP contribution >= 0.6 is 0 Å². The van der Waals surface area contributed by atoms with Crippen molar-refractivity contribution in [1.29, 1.82) is 5.26 Å². The predicted octanol–water partition coefficient (Wildman–Crippen LogP) is 3.04. The third-order valence-electron chi connectivity index (χ3n) is 2.17. The fourth-order valence-corrected chi connectivity index (χ4v) is 1.38. The number of anilines is 1. The Morgan fingerprint density at radius 2 is 1.88 bits per heavy atom. The smallest absolute Gasteiger partial charge is 0.203 e. The molecule has 0 spiro atoms. The van der Waals surface area contributed by atoms with Gasteiger partial charge in [0.2, 0.25) is 5.76 Å². The molecule has 0 fully saturated rings. The highest BCUT2D eigenvalue weighted by atomic mass is 19.1. The van der Waals surface area contributed by atoms with Gasteiger partial charge in [0.15, 0.2) is 0 Å². The van der Waals surface area contributed by atoms with Crippen LogP contribution in [0, 0.1) is 23.0 Å². The van der Waals surface area contributed by atoms with E-state index in [9.17, 15) is 8.78 Å². The van der Waals surface area contributed by atoms with Gasteiger partial charge in [-0.3, -0.25) is 0 Å². The Labute approximate surface area is 96.3 Å². The molecule has 0 saturated carbocycles. The number of furan rings is 1. The number of hydrogen-bond donors (Lipinski definition) is 1. The Bertz CT molecular complexity index is 552. The van der Waals surface area contributed by atoms with Gasteiger partial charge in [0, 0.05) is 0 Å². The zero-order chi connectivity index (χ0) is 12.3. The molecular formula is C12H8F2N2O. The molecule has 1 heterocycles. The van der Waals surface area contributed by atoms with Crippen molar-refractivity contribution < 1.29 is 13.2 Å². The van der Waals surface area contributed by atoms with E-state index in [0.29, 0.717) is 5.76 Å². The quantitative estimate of drug-likeness (QED) is 0.887. The van der Waals surface area contributed by atoms with Crippen LogP contribution in [-0.4, -0.2) is 0 Å². The van der Waals surface area contributed by atoms with E-state index in [0.717, 1.165) is 12.1 Å². The van der Waals surface area contributed by atoms with E-state index in [2.05, 4.69) is 5.32 Å². The fraction of sp³-hybridized carbons (Fsp3) is 0.0833. The van der Waals surface area contributed by atoms with Gasteiger partial charge < -0.3 is 9.73 Å². The monoisotopic (exact) mass is 234 g/mol. The Morgan fingerprint density at radius 1 is 1.18 bits per heavy atom. The van der Waals surface area contributed by atoms with Crippen molar-refractivity contribution in [2.24, 2.45) is 0 Å². The van der Waals surface area contributed by atoms with Gasteiger partial charge >= 0.3 is 0 Å². The lowest BCUT2D eigenvalue weighted by Gasteiger charge is -2.06. The largest absolute Gasteiger partial charge is 0.449 e. The topological polar surface area (TPSA) is 49.0 Å². The molecule has 0 bridgehead atoms. The summed E-state index contributed by atoms with van der Waals surface area (Å²) in [5, 5.41) is 11.1. The van der Waals surface area contributed by atoms with Gasteiger partial charge in [-0.15, -0.1) is 0 Å². The molecule has 0 aliphatic heterocycles. The fourth-order valence-electron chi connectivity index (χ4n) is 1.38. The molecule has 1 N–H and O–H groups in total. The maximum atomic E-state index is 13.2. The first kappa shape index (κ1) is 11.1. The van der Waals surface area contributed by atoms with Crippen LogP contribution in [0.25, 0.3) is 0 Å². The summed E-state index contributed by atoms with van der Waals surface area (Å²) in [7, 11) is 0. The van der Waals surface area contributed by atoms with Crippen LogP contribution in [0.15, 0.2) is 34.7 Å². The number of nitrogens with one attached hydrogen (secondary N) is 1. The van der Waals surface area contributed by atoms with E-state index in [-0.39, 0.29) is 18.0 Å². The Morgan fingerprint density at radius 3 is 2.47 bits per heavy atom. The summed E-state index contributed by atoms with van der Waals surface area (Å²) < 4.78 is 31.5. The second-order valence-electron chi connectivity index (χ2n) is 3.33. The van der Waals surface area contributed by atoms with Crippen molar-refractivity contribution in [3.63, 3.8) is 0 Å². The van der Waals surface area contributed by atoms with Gasteiger partial charge in [-0.25, -0.2) is 8.78 Å². The molecule has 3 nitrogen and oxygen atoms in total. The molecule has 2 rings (SSSR count). The van der Waals surface area contributed by atoms with Crippen LogP contribution in [-0.2, 0) is 6.54 Å². The molecule has 2 aromatic rings. The Balaban J connectivity index is 2.10. The standard InChI is InChI=1S/C12H8F2N2O/c13-10-2-1-3-11(14)12(10)16-7-9-5-4-8(6-15)17-9/h1-5,16H,7H2. The number of para-hydroxylation sites is 1. The van der Waals surface area contributed by atoms with Crippen molar-refractivity contribution in [2.75, 3.05) is 5.32 Å². The number of hydrogen-bond acceptors (Lipinski definition) is 3. The first-order valence-corrected chi connectivity index (χ1v) is 4.87. The van der Waals surface area contributed by atoms with E-state index in [1.165, 1.54) is 12.1 Å². The first-order valence-electron chi connectivity index (χ1n) is 4.87. The van der Waals surface area contributed by atoms with Crippen LogP contribution in [0.4, 0.5) is 14.5 Å². The van der Waals surface area contributed by atoms with Crippen LogP contribution in [0.1, 0.15) is 11.5 Å². The molecule has 0 saturated heterocycles. The molecule has 17 heavy (non-hydrogen) atoms. The molecule has 1 aromatic heterocycles. The van der Waals surface area contributed by atoms with Crippen molar-refractivity contribution >= 4 is 5.69 Å². The van der Waals surface area contributed by atoms with Gasteiger partial charge in [0.25, 0.3) is 0 Å². The van der Waals surface area contributed by atoms with Crippen molar-refractivity contribution in [1.82, 2.24) is 0 Å². The second-order valence-corrected chi connectivity index (χ2v) is 3.33. The van der Waals surface area contributed by atoms with Crippen LogP contribution in [0.2, 0.25) is 0 Å². The lowest BCUT2D eigenvalue weighted by Crippen LogP contribution is -2.02. The molecule has 0 unspecified atom stereocenters. The van der Waals surface area contributed by atoms with Crippen molar-refractivity contribution in [3.8, 4) is 6.07 Å². The lowest BCUT2D eigenvalue weighted by atomic mass is 10.3. The molecule has 0 aliphatic rings. The Kier molecular flexibility index (Phi) is 3.06. The number of rotatable bonds is 3. The van der Waals surface area contributed by atoms with Gasteiger partial charge in [0.05, 0.1) is 6.54 Å². The molecular weight excluding hydrogens is 226 g/mol. The minimum absolute atomic E-state index is 0.111. The zero-order valence-corrected chi connectivity index (χ0v) is 8.71. The van der Waals surface area contributed by atoms with Crippen LogP contribution in [0.3, 0.4) is 0 Å². The normalized spacial score (nSPS) is 9.94. The molecule has 0 amide bonds. The molecule has 5 heteroatoms. The minimum atomic E-state index is -0.669. The highest BCUT2D eigenvalue weighted by Crippen LogP contribution is 2.19. The van der Waals surface area contributed by atoms with E-state index in [1.54, 1.807) is 6.07 Å². The van der Waals surface area contributed by atoms with E-state index in [4.69, 9.17) is 9.68 Å². The maximum Gasteiger partial charge on any atom is 0.203 e. The van der Waals surface area contributed by atoms with Gasteiger partial charge in [-0.2, -0.15) is 5.26 Å². The predicted molar refractivity (Wildman–Crippen MR) is 57.1 cm³/mol. The van der Waals surface area contributed by atoms with E-state index >= 15 is 0 Å². The molecule has 1 aromatic carbocycles. The molecule has 0 radical (unpaired) electrons. The molecule has 86 valence electrons. The van der Waals surface area contributed by atoms with Crippen molar-refractivity contribution in [2.45, 2.75) is 6.54 Å². The first-order chi connectivity index (χ1) is 8.20. The summed E-state index contributed by atoms with van der Waals surface area (Å²) in [5.74, 6) is -0.742. The average molecular weight is 234 g/mol. The number of nitrogens with zero attached hydrogens (tertiary/aromatic N) is 1. The van der Waals surface area contributed by atoms with Crippen LogP contribution in [0.5, 0.6) is 0 Å². The average Bonchev–Trinajstić information content (AvgIpc) is 2.76. The summed E-state index contributed by atoms with van der Waals surface area (Å²) >= 11 is 0. The van der Waals surface area contributed by atoms with E-state index < -0.39 is 11.6 Å². The minimum Gasteiger partial charge on any atom is -0.449 e. The molecule has 0 aliphatic carbocycles. The van der Waals surface area contributed by atoms with Gasteiger partial charge in [-0.05, 0) is 24.3 Å². The second kappa shape index (κ2) is 4.66. The van der Waals surface area contributed by atoms with E-state index in [1.807, 2.05) is 6.07 Å². The number of benzene rings is 1. The highest BCUT2D eigenvalue weighted by molar-refractivity contribution is 5.46. The zero-order valence-electron chi connectivity index (χ0n) is 8.71. The third-order valence-corrected chi connectivity index (χ3v) is 2.17. The third kappa shape index (κ3) is 2.42. The molecule has 0 atom stereocenters. The summed E-state index contributed by atoms with van der Waals surface area (Å²) in [6.45, 7) is 0.111. The summed E-state index contributed by atoms with van der Waals surface area (Å²) in [6.07, 6.45) is 0. The van der Waals surface area contributed by atoms with Gasteiger partial charge in [0.1, 0.15) is 29.2 Å². The van der Waals surface area contributed by atoms with Crippen LogP contribution < -0.4 is 5.32 Å². The summed E-state index contributed by atoms with van der Waals surface area (Å²) in [5.41, 5.74) is -0.206. The SMILES string of the molecule is N#Cc1ccc(CNc2c(F)cccc2F)o1.